The summed E-state index contributed by atoms with van der Waals surface area (Å²) in [6.45, 7) is 9.33. The molecule has 0 aliphatic rings. The lowest BCUT2D eigenvalue weighted by atomic mass is 9.99. The third-order valence-corrected chi connectivity index (χ3v) is 3.13. The van der Waals surface area contributed by atoms with Crippen molar-refractivity contribution >= 4 is 11.8 Å². The third kappa shape index (κ3) is 4.99. The molecule has 1 nitrogen and oxygen atoms in total. The van der Waals surface area contributed by atoms with E-state index >= 15 is 0 Å². The molecule has 0 atom stereocenters. The molecule has 1 aromatic carbocycles. The van der Waals surface area contributed by atoms with E-state index in [-0.39, 0.29) is 5.83 Å². The Kier molecular flexibility index (Phi) is 6.54. The van der Waals surface area contributed by atoms with Gasteiger partial charge >= 0.3 is 0 Å². The third-order valence-electron chi connectivity index (χ3n) is 3.13. The number of aryl methyl sites for hydroxylation is 2. The Balaban J connectivity index is 3.12. The topological polar surface area (TPSA) is 23.9 Å². The van der Waals surface area contributed by atoms with Crippen LogP contribution >= 0.6 is 0 Å². The summed E-state index contributed by atoms with van der Waals surface area (Å²) in [7, 11) is 0. The summed E-state index contributed by atoms with van der Waals surface area (Å²) >= 11 is 0. The van der Waals surface area contributed by atoms with E-state index in [9.17, 15) is 4.39 Å². The van der Waals surface area contributed by atoms with Crippen molar-refractivity contribution in [2.45, 2.75) is 27.2 Å². The van der Waals surface area contributed by atoms with Crippen molar-refractivity contribution in [3.63, 3.8) is 0 Å². The zero-order valence-electron chi connectivity index (χ0n) is 12.9. The maximum atomic E-state index is 13.7. The highest BCUT2D eigenvalue weighted by atomic mass is 19.1. The summed E-state index contributed by atoms with van der Waals surface area (Å²) in [5.41, 5.74) is 4.65. The molecule has 0 saturated heterocycles. The van der Waals surface area contributed by atoms with E-state index in [1.165, 1.54) is 12.3 Å². The lowest BCUT2D eigenvalue weighted by Crippen LogP contribution is -1.90. The van der Waals surface area contributed by atoms with Crippen molar-refractivity contribution in [1.82, 2.24) is 0 Å². The van der Waals surface area contributed by atoms with E-state index in [1.807, 2.05) is 32.1 Å². The predicted octanol–water partition coefficient (Wildman–Crippen LogP) is 5.71. The van der Waals surface area contributed by atoms with Gasteiger partial charge in [0.25, 0.3) is 0 Å². The van der Waals surface area contributed by atoms with Crippen molar-refractivity contribution in [2.75, 3.05) is 0 Å². The van der Waals surface area contributed by atoms with Gasteiger partial charge < -0.3 is 5.41 Å². The molecule has 0 saturated carbocycles. The molecular weight excluding hydrogens is 261 g/mol. The standard InChI is InChI=1S/C19H22FN/c1-5-7-16(19(20)6-2)8-9-17(13-21)18-11-14(3)10-15(4)12-18/h5-7,9-13,21H,1,8H2,2-4H3/b16-7-,17-9+,19-6+,21-13?. The van der Waals surface area contributed by atoms with Crippen LogP contribution in [0.15, 0.2) is 60.5 Å². The Labute approximate surface area is 126 Å². The molecular formula is C19H22FN. The smallest absolute Gasteiger partial charge is 0.122 e. The second-order valence-corrected chi connectivity index (χ2v) is 4.95. The van der Waals surface area contributed by atoms with Gasteiger partial charge in [0.1, 0.15) is 5.83 Å². The normalized spacial score (nSPS) is 13.2. The monoisotopic (exact) mass is 283 g/mol. The van der Waals surface area contributed by atoms with E-state index in [0.717, 1.165) is 22.3 Å². The molecule has 21 heavy (non-hydrogen) atoms. The predicted molar refractivity (Wildman–Crippen MR) is 90.4 cm³/mol. The number of halogens is 1. The fraction of sp³-hybridized carbons (Fsp3) is 0.211. The number of allylic oxidation sites excluding steroid dienone is 7. The highest BCUT2D eigenvalue weighted by Gasteiger charge is 2.04. The highest BCUT2D eigenvalue weighted by Crippen LogP contribution is 2.21. The van der Waals surface area contributed by atoms with Crippen molar-refractivity contribution in [3.05, 3.63) is 77.2 Å². The van der Waals surface area contributed by atoms with Crippen molar-refractivity contribution < 1.29 is 4.39 Å². The molecule has 0 unspecified atom stereocenters. The second-order valence-electron chi connectivity index (χ2n) is 4.95. The van der Waals surface area contributed by atoms with Crippen LogP contribution in [0.25, 0.3) is 5.57 Å². The molecule has 0 aromatic heterocycles. The molecule has 1 N–H and O–H groups in total. The van der Waals surface area contributed by atoms with E-state index in [0.29, 0.717) is 12.0 Å². The first-order valence-corrected chi connectivity index (χ1v) is 6.95. The number of hydrogen-bond donors (Lipinski definition) is 1. The fourth-order valence-electron chi connectivity index (χ4n) is 2.19. The van der Waals surface area contributed by atoms with Crippen LogP contribution in [0.2, 0.25) is 0 Å². The van der Waals surface area contributed by atoms with Gasteiger partial charge in [0.2, 0.25) is 0 Å². The van der Waals surface area contributed by atoms with Gasteiger partial charge in [0.15, 0.2) is 0 Å². The van der Waals surface area contributed by atoms with E-state index < -0.39 is 0 Å². The van der Waals surface area contributed by atoms with E-state index in [2.05, 4.69) is 12.6 Å². The molecule has 0 bridgehead atoms. The van der Waals surface area contributed by atoms with E-state index in [1.54, 1.807) is 19.1 Å². The summed E-state index contributed by atoms with van der Waals surface area (Å²) in [6.07, 6.45) is 8.29. The van der Waals surface area contributed by atoms with Crippen molar-refractivity contribution in [1.29, 1.82) is 5.41 Å². The number of benzene rings is 1. The van der Waals surface area contributed by atoms with Crippen LogP contribution in [0.1, 0.15) is 30.0 Å². The van der Waals surface area contributed by atoms with Crippen LogP contribution < -0.4 is 0 Å². The molecule has 110 valence electrons. The van der Waals surface area contributed by atoms with Crippen LogP contribution in [0.5, 0.6) is 0 Å². The average molecular weight is 283 g/mol. The minimum atomic E-state index is -0.254. The summed E-state index contributed by atoms with van der Waals surface area (Å²) in [5.74, 6) is -0.254. The second kappa shape index (κ2) is 8.15. The highest BCUT2D eigenvalue weighted by molar-refractivity contribution is 6.08. The van der Waals surface area contributed by atoms with Gasteiger partial charge in [-0.2, -0.15) is 0 Å². The average Bonchev–Trinajstić information content (AvgIpc) is 2.45. The molecule has 0 fully saturated rings. The molecule has 0 heterocycles. The molecule has 2 heteroatoms. The van der Waals surface area contributed by atoms with Gasteiger partial charge in [0, 0.05) is 6.21 Å². The SMILES string of the molecule is C=C/C=C(C/C=C(\C=N)c1cc(C)cc(C)c1)\C(F)=C/C. The molecule has 0 amide bonds. The maximum absolute atomic E-state index is 13.7. The van der Waals surface area contributed by atoms with Gasteiger partial charge in [-0.3, -0.25) is 0 Å². The molecule has 0 aliphatic carbocycles. The van der Waals surface area contributed by atoms with Crippen LogP contribution in [0.4, 0.5) is 4.39 Å². The first kappa shape index (κ1) is 16.8. The lowest BCUT2D eigenvalue weighted by Gasteiger charge is -2.07. The largest absolute Gasteiger partial charge is 0.308 e. The van der Waals surface area contributed by atoms with Crippen molar-refractivity contribution in [3.8, 4) is 0 Å². The van der Waals surface area contributed by atoms with Gasteiger partial charge in [0.05, 0.1) is 0 Å². The van der Waals surface area contributed by atoms with Crippen LogP contribution in [0.3, 0.4) is 0 Å². The Bertz CT molecular complexity index is 598. The minimum Gasteiger partial charge on any atom is -0.308 e. The van der Waals surface area contributed by atoms with Gasteiger partial charge in [-0.05, 0) is 43.9 Å². The summed E-state index contributed by atoms with van der Waals surface area (Å²) in [6, 6.07) is 6.16. The Morgan fingerprint density at radius 3 is 2.33 bits per heavy atom. The van der Waals surface area contributed by atoms with Crippen LogP contribution in [-0.4, -0.2) is 6.21 Å². The van der Waals surface area contributed by atoms with Gasteiger partial charge in [-0.1, -0.05) is 60.2 Å². The molecule has 0 radical (unpaired) electrons. The summed E-state index contributed by atoms with van der Waals surface area (Å²) < 4.78 is 13.7. The van der Waals surface area contributed by atoms with Gasteiger partial charge in [-0.15, -0.1) is 0 Å². The van der Waals surface area contributed by atoms with Crippen LogP contribution in [0, 0.1) is 19.3 Å². The molecule has 0 aliphatic heterocycles. The number of rotatable bonds is 6. The first-order chi connectivity index (χ1) is 10.0. The number of hydrogen-bond acceptors (Lipinski definition) is 1. The fourth-order valence-corrected chi connectivity index (χ4v) is 2.19. The van der Waals surface area contributed by atoms with E-state index in [4.69, 9.17) is 5.41 Å². The Hall–Kier alpha value is -2.22. The molecule has 1 aromatic rings. The Morgan fingerprint density at radius 2 is 1.86 bits per heavy atom. The lowest BCUT2D eigenvalue weighted by molar-refractivity contribution is 0.644. The molecule has 1 rings (SSSR count). The van der Waals surface area contributed by atoms with Crippen LogP contribution in [-0.2, 0) is 0 Å². The maximum Gasteiger partial charge on any atom is 0.122 e. The summed E-state index contributed by atoms with van der Waals surface area (Å²) in [4.78, 5) is 0. The zero-order chi connectivity index (χ0) is 15.8. The zero-order valence-corrected chi connectivity index (χ0v) is 12.9. The number of nitrogens with one attached hydrogen (secondary N) is 1. The molecule has 0 spiro atoms. The Morgan fingerprint density at radius 1 is 1.24 bits per heavy atom. The minimum absolute atomic E-state index is 0.254. The van der Waals surface area contributed by atoms with Gasteiger partial charge in [-0.25, -0.2) is 4.39 Å². The quantitative estimate of drug-likeness (QED) is 0.510. The van der Waals surface area contributed by atoms with Crippen molar-refractivity contribution in [2.24, 2.45) is 0 Å². The summed E-state index contributed by atoms with van der Waals surface area (Å²) in [5, 5.41) is 7.60. The first-order valence-electron chi connectivity index (χ1n) is 6.95.